The molecule has 1 atom stereocenters. The molecule has 1 unspecified atom stereocenters. The number of nitrogens with two attached hydrogens (primary N) is 1. The molecule has 1 aromatic rings. The van der Waals surface area contributed by atoms with E-state index in [9.17, 15) is 0 Å². The van der Waals surface area contributed by atoms with Crippen molar-refractivity contribution in [3.05, 3.63) is 35.4 Å². The van der Waals surface area contributed by atoms with Crippen LogP contribution in [-0.4, -0.2) is 25.5 Å². The van der Waals surface area contributed by atoms with Crippen molar-refractivity contribution in [1.29, 1.82) is 0 Å². The van der Waals surface area contributed by atoms with Gasteiger partial charge in [-0.1, -0.05) is 29.8 Å². The molecule has 2 N–H and O–H groups in total. The summed E-state index contributed by atoms with van der Waals surface area (Å²) in [5.41, 5.74) is 8.28. The molecular weight excluding hydrogens is 160 g/mol. The number of rotatable bonds is 3. The monoisotopic (exact) mass is 178 g/mol. The van der Waals surface area contributed by atoms with Crippen molar-refractivity contribution in [2.24, 2.45) is 5.73 Å². The highest BCUT2D eigenvalue weighted by Gasteiger charge is 2.10. The van der Waals surface area contributed by atoms with Crippen LogP contribution in [0.15, 0.2) is 24.3 Å². The smallest absolute Gasteiger partial charge is 0.0464 e. The molecule has 0 spiro atoms. The van der Waals surface area contributed by atoms with Gasteiger partial charge in [0.1, 0.15) is 0 Å². The Bertz CT molecular complexity index is 251. The zero-order chi connectivity index (χ0) is 9.84. The lowest BCUT2D eigenvalue weighted by Crippen LogP contribution is -2.27. The Morgan fingerprint density at radius 1 is 1.23 bits per heavy atom. The first-order valence-corrected chi connectivity index (χ1v) is 4.58. The van der Waals surface area contributed by atoms with E-state index in [0.29, 0.717) is 12.6 Å². The van der Waals surface area contributed by atoms with E-state index in [4.69, 9.17) is 5.73 Å². The van der Waals surface area contributed by atoms with Crippen LogP contribution in [0, 0.1) is 6.92 Å². The summed E-state index contributed by atoms with van der Waals surface area (Å²) in [6.45, 7) is 2.76. The fourth-order valence-electron chi connectivity index (χ4n) is 1.43. The maximum atomic E-state index is 5.70. The Hall–Kier alpha value is -0.860. The van der Waals surface area contributed by atoms with Crippen LogP contribution in [0.5, 0.6) is 0 Å². The molecule has 13 heavy (non-hydrogen) atoms. The summed E-state index contributed by atoms with van der Waals surface area (Å²) in [6, 6.07) is 8.88. The Labute approximate surface area is 80.4 Å². The van der Waals surface area contributed by atoms with E-state index in [-0.39, 0.29) is 0 Å². The Balaban J connectivity index is 2.86. The van der Waals surface area contributed by atoms with Crippen LogP contribution in [0.2, 0.25) is 0 Å². The van der Waals surface area contributed by atoms with E-state index in [1.807, 2.05) is 0 Å². The number of nitrogens with zero attached hydrogens (tertiary/aromatic N) is 1. The predicted octanol–water partition coefficient (Wildman–Crippen LogP) is 1.56. The van der Waals surface area contributed by atoms with Crippen molar-refractivity contribution in [3.8, 4) is 0 Å². The lowest BCUT2D eigenvalue weighted by Gasteiger charge is -2.23. The van der Waals surface area contributed by atoms with E-state index >= 15 is 0 Å². The maximum Gasteiger partial charge on any atom is 0.0464 e. The van der Waals surface area contributed by atoms with Gasteiger partial charge in [0.25, 0.3) is 0 Å². The number of aryl methyl sites for hydroxylation is 1. The van der Waals surface area contributed by atoms with E-state index < -0.39 is 0 Å². The van der Waals surface area contributed by atoms with Crippen molar-refractivity contribution < 1.29 is 0 Å². The minimum atomic E-state index is 0.334. The molecule has 0 bridgehead atoms. The zero-order valence-electron chi connectivity index (χ0n) is 8.62. The molecule has 72 valence electrons. The van der Waals surface area contributed by atoms with Crippen LogP contribution in [0.3, 0.4) is 0 Å². The van der Waals surface area contributed by atoms with Gasteiger partial charge >= 0.3 is 0 Å². The van der Waals surface area contributed by atoms with Gasteiger partial charge < -0.3 is 10.6 Å². The second-order valence-corrected chi connectivity index (χ2v) is 3.63. The van der Waals surface area contributed by atoms with Crippen molar-refractivity contribution >= 4 is 0 Å². The van der Waals surface area contributed by atoms with E-state index in [1.165, 1.54) is 11.1 Å². The molecule has 0 aromatic heterocycles. The quantitative estimate of drug-likeness (QED) is 0.761. The average molecular weight is 178 g/mol. The first kappa shape index (κ1) is 10.2. The van der Waals surface area contributed by atoms with Crippen LogP contribution in [-0.2, 0) is 0 Å². The van der Waals surface area contributed by atoms with Crippen LogP contribution in [0.1, 0.15) is 17.2 Å². The predicted molar refractivity (Wildman–Crippen MR) is 56.7 cm³/mol. The highest BCUT2D eigenvalue weighted by atomic mass is 15.1. The summed E-state index contributed by atoms with van der Waals surface area (Å²) in [5, 5.41) is 0. The van der Waals surface area contributed by atoms with Crippen LogP contribution in [0.4, 0.5) is 0 Å². The van der Waals surface area contributed by atoms with Crippen LogP contribution >= 0.6 is 0 Å². The van der Waals surface area contributed by atoms with E-state index in [0.717, 1.165) is 0 Å². The minimum absolute atomic E-state index is 0.334. The van der Waals surface area contributed by atoms with Gasteiger partial charge in [-0.2, -0.15) is 0 Å². The summed E-state index contributed by atoms with van der Waals surface area (Å²) in [6.07, 6.45) is 0. The normalized spacial score (nSPS) is 13.3. The summed E-state index contributed by atoms with van der Waals surface area (Å²) in [5.74, 6) is 0. The fraction of sp³-hybridized carbons (Fsp3) is 0.455. The Morgan fingerprint density at radius 3 is 2.15 bits per heavy atom. The lowest BCUT2D eigenvalue weighted by atomic mass is 10.0. The highest BCUT2D eigenvalue weighted by molar-refractivity contribution is 5.24. The Morgan fingerprint density at radius 2 is 1.77 bits per heavy atom. The van der Waals surface area contributed by atoms with Crippen molar-refractivity contribution in [2.75, 3.05) is 20.6 Å². The van der Waals surface area contributed by atoms with Gasteiger partial charge in [0, 0.05) is 12.6 Å². The third-order valence-electron chi connectivity index (χ3n) is 2.31. The van der Waals surface area contributed by atoms with Crippen molar-refractivity contribution in [2.45, 2.75) is 13.0 Å². The molecule has 2 nitrogen and oxygen atoms in total. The first-order chi connectivity index (χ1) is 6.15. The van der Waals surface area contributed by atoms with Gasteiger partial charge in [0.05, 0.1) is 0 Å². The van der Waals surface area contributed by atoms with Gasteiger partial charge in [-0.15, -0.1) is 0 Å². The van der Waals surface area contributed by atoms with Gasteiger partial charge in [0.2, 0.25) is 0 Å². The number of likely N-dealkylation sites (N-methyl/N-ethyl adjacent to an activating group) is 1. The van der Waals surface area contributed by atoms with Gasteiger partial charge in [-0.05, 0) is 26.6 Å². The van der Waals surface area contributed by atoms with Crippen molar-refractivity contribution in [3.63, 3.8) is 0 Å². The van der Waals surface area contributed by atoms with E-state index in [2.05, 4.69) is 50.2 Å². The molecule has 2 heteroatoms. The average Bonchev–Trinajstić information content (AvgIpc) is 2.09. The minimum Gasteiger partial charge on any atom is -0.329 e. The Kier molecular flexibility index (Phi) is 3.46. The van der Waals surface area contributed by atoms with Gasteiger partial charge in [-0.25, -0.2) is 0 Å². The molecular formula is C11H18N2. The molecule has 0 saturated heterocycles. The molecule has 0 aliphatic carbocycles. The third kappa shape index (κ3) is 2.54. The molecule has 0 saturated carbocycles. The molecule has 0 aliphatic heterocycles. The number of hydrogen-bond donors (Lipinski definition) is 1. The molecule has 1 rings (SSSR count). The second kappa shape index (κ2) is 4.40. The highest BCUT2D eigenvalue weighted by Crippen LogP contribution is 2.16. The largest absolute Gasteiger partial charge is 0.329 e. The molecule has 0 heterocycles. The summed E-state index contributed by atoms with van der Waals surface area (Å²) < 4.78 is 0. The second-order valence-electron chi connectivity index (χ2n) is 3.63. The lowest BCUT2D eigenvalue weighted by molar-refractivity contribution is 0.306. The third-order valence-corrected chi connectivity index (χ3v) is 2.31. The molecule has 1 aromatic carbocycles. The topological polar surface area (TPSA) is 29.3 Å². The number of hydrogen-bond acceptors (Lipinski definition) is 2. The first-order valence-electron chi connectivity index (χ1n) is 4.58. The molecule has 0 amide bonds. The number of benzene rings is 1. The standard InChI is InChI=1S/C11H18N2/c1-9-4-6-10(7-5-9)11(8-12)13(2)3/h4-7,11H,8,12H2,1-3H3. The molecule has 0 aliphatic rings. The fourth-order valence-corrected chi connectivity index (χ4v) is 1.43. The molecule has 0 fully saturated rings. The van der Waals surface area contributed by atoms with Gasteiger partial charge in [-0.3, -0.25) is 0 Å². The summed E-state index contributed by atoms with van der Waals surface area (Å²) >= 11 is 0. The van der Waals surface area contributed by atoms with Crippen LogP contribution in [0.25, 0.3) is 0 Å². The SMILES string of the molecule is Cc1ccc(C(CN)N(C)C)cc1. The van der Waals surface area contributed by atoms with Gasteiger partial charge in [0.15, 0.2) is 0 Å². The molecule has 0 radical (unpaired) electrons. The van der Waals surface area contributed by atoms with Crippen molar-refractivity contribution in [1.82, 2.24) is 4.90 Å². The van der Waals surface area contributed by atoms with Crippen LogP contribution < -0.4 is 5.73 Å². The van der Waals surface area contributed by atoms with E-state index in [1.54, 1.807) is 0 Å². The zero-order valence-corrected chi connectivity index (χ0v) is 8.62. The summed E-state index contributed by atoms with van der Waals surface area (Å²) in [4.78, 5) is 2.14. The summed E-state index contributed by atoms with van der Waals surface area (Å²) in [7, 11) is 4.11. The maximum absolute atomic E-state index is 5.70.